The molecule has 116 valence electrons. The van der Waals surface area contributed by atoms with Gasteiger partial charge >= 0.3 is 0 Å². The van der Waals surface area contributed by atoms with E-state index in [1.807, 2.05) is 11.3 Å². The Morgan fingerprint density at radius 2 is 2.04 bits per heavy atom. The van der Waals surface area contributed by atoms with Crippen LogP contribution in [0, 0.1) is 0 Å². The van der Waals surface area contributed by atoms with Crippen LogP contribution in [0.5, 0.6) is 0 Å². The number of fused-ring (bicyclic) bond motifs is 2. The van der Waals surface area contributed by atoms with Gasteiger partial charge in [-0.1, -0.05) is 29.5 Å². The fourth-order valence-electron chi connectivity index (χ4n) is 3.36. The second-order valence-corrected chi connectivity index (χ2v) is 7.11. The van der Waals surface area contributed by atoms with Gasteiger partial charge < -0.3 is 4.90 Å². The summed E-state index contributed by atoms with van der Waals surface area (Å²) >= 11 is 1.86. The van der Waals surface area contributed by atoms with Crippen molar-refractivity contribution in [3.63, 3.8) is 0 Å². The fraction of sp³-hybridized carbons (Fsp3) is 0.250. The summed E-state index contributed by atoms with van der Waals surface area (Å²) in [6.45, 7) is 4.34. The molecule has 0 aliphatic carbocycles. The van der Waals surface area contributed by atoms with Gasteiger partial charge in [0.25, 0.3) is 5.01 Å². The maximum absolute atomic E-state index is 2.39. The molecule has 1 aromatic heterocycles. The lowest BCUT2D eigenvalue weighted by Gasteiger charge is -2.11. The number of hydrogen-bond donors (Lipinski definition) is 0. The van der Waals surface area contributed by atoms with Crippen molar-refractivity contribution >= 4 is 39.4 Å². The van der Waals surface area contributed by atoms with Crippen molar-refractivity contribution in [3.8, 4) is 0 Å². The summed E-state index contributed by atoms with van der Waals surface area (Å²) in [4.78, 5) is 2.33. The van der Waals surface area contributed by atoms with Crippen molar-refractivity contribution in [1.29, 1.82) is 0 Å². The van der Waals surface area contributed by atoms with Crippen LogP contribution < -0.4 is 9.47 Å². The van der Waals surface area contributed by atoms with Gasteiger partial charge in [0.15, 0.2) is 0 Å². The van der Waals surface area contributed by atoms with E-state index in [1.54, 1.807) is 0 Å². The van der Waals surface area contributed by atoms with Crippen LogP contribution in [0.4, 0.5) is 5.69 Å². The molecule has 0 spiro atoms. The Hall–Kier alpha value is -2.13. The second-order valence-electron chi connectivity index (χ2n) is 6.05. The van der Waals surface area contributed by atoms with Crippen LogP contribution in [0.1, 0.15) is 23.1 Å². The van der Waals surface area contributed by atoms with Crippen LogP contribution in [-0.2, 0) is 13.0 Å². The number of benzene rings is 2. The summed E-state index contributed by atoms with van der Waals surface area (Å²) in [7, 11) is 2.17. The zero-order valence-corrected chi connectivity index (χ0v) is 14.4. The van der Waals surface area contributed by atoms with Gasteiger partial charge in [-0.15, -0.1) is 0 Å². The first kappa shape index (κ1) is 14.5. The molecule has 1 aliphatic heterocycles. The Morgan fingerprint density at radius 1 is 1.17 bits per heavy atom. The topological polar surface area (TPSA) is 7.12 Å². The average Bonchev–Trinajstić information content (AvgIpc) is 3.13. The number of anilines is 1. The highest BCUT2D eigenvalue weighted by Gasteiger charge is 2.17. The van der Waals surface area contributed by atoms with E-state index in [9.17, 15) is 0 Å². The highest BCUT2D eigenvalue weighted by atomic mass is 32.1. The normalized spacial score (nSPS) is 14.1. The number of aryl methyl sites for hydroxylation is 1. The van der Waals surface area contributed by atoms with Crippen molar-refractivity contribution in [1.82, 2.24) is 0 Å². The van der Waals surface area contributed by atoms with E-state index in [1.165, 1.54) is 32.0 Å². The minimum Gasteiger partial charge on any atom is -0.374 e. The van der Waals surface area contributed by atoms with Crippen LogP contribution in [0.3, 0.4) is 0 Å². The van der Waals surface area contributed by atoms with E-state index in [0.29, 0.717) is 0 Å². The summed E-state index contributed by atoms with van der Waals surface area (Å²) in [5.41, 5.74) is 5.47. The minimum absolute atomic E-state index is 0.999. The largest absolute Gasteiger partial charge is 0.374 e. The molecule has 0 bridgehead atoms. The van der Waals surface area contributed by atoms with Crippen LogP contribution in [0.25, 0.3) is 22.4 Å². The SMILES string of the molecule is CC[n+]1c(/C=C/c2ccc3c(c2)CCN3C)sc2ccccc21. The molecule has 0 radical (unpaired) electrons. The quantitative estimate of drug-likeness (QED) is 0.650. The van der Waals surface area contributed by atoms with E-state index in [4.69, 9.17) is 0 Å². The van der Waals surface area contributed by atoms with Crippen LogP contribution >= 0.6 is 11.3 Å². The Labute approximate surface area is 141 Å². The van der Waals surface area contributed by atoms with Crippen molar-refractivity contribution in [2.24, 2.45) is 0 Å². The number of nitrogens with zero attached hydrogens (tertiary/aromatic N) is 2. The van der Waals surface area contributed by atoms with Gasteiger partial charge in [-0.05, 0) is 48.7 Å². The number of aromatic nitrogens is 1. The van der Waals surface area contributed by atoms with Crippen molar-refractivity contribution in [2.45, 2.75) is 19.9 Å². The third kappa shape index (κ3) is 2.55. The van der Waals surface area contributed by atoms with Crippen LogP contribution in [0.2, 0.25) is 0 Å². The Balaban J connectivity index is 1.69. The van der Waals surface area contributed by atoms with Crippen LogP contribution in [-0.4, -0.2) is 13.6 Å². The molecule has 0 saturated heterocycles. The second kappa shape index (κ2) is 5.82. The summed E-state index contributed by atoms with van der Waals surface area (Å²) in [5.74, 6) is 0. The molecular weight excluding hydrogens is 300 g/mol. The molecule has 0 N–H and O–H groups in total. The Morgan fingerprint density at radius 3 is 2.91 bits per heavy atom. The smallest absolute Gasteiger partial charge is 0.262 e. The van der Waals surface area contributed by atoms with Gasteiger partial charge in [-0.25, -0.2) is 0 Å². The number of para-hydroxylation sites is 1. The molecule has 2 aromatic carbocycles. The lowest BCUT2D eigenvalue weighted by molar-refractivity contribution is -0.665. The van der Waals surface area contributed by atoms with E-state index in [2.05, 4.69) is 78.1 Å². The van der Waals surface area contributed by atoms with Gasteiger partial charge in [0, 0.05) is 31.4 Å². The molecule has 0 saturated carbocycles. The van der Waals surface area contributed by atoms with Gasteiger partial charge in [-0.2, -0.15) is 4.57 Å². The van der Waals surface area contributed by atoms with Gasteiger partial charge in [0.1, 0.15) is 11.2 Å². The Bertz CT molecular complexity index is 892. The number of thiazole rings is 1. The molecule has 3 heteroatoms. The first-order chi connectivity index (χ1) is 11.3. The highest BCUT2D eigenvalue weighted by Crippen LogP contribution is 2.28. The summed E-state index contributed by atoms with van der Waals surface area (Å²) in [6.07, 6.45) is 5.66. The van der Waals surface area contributed by atoms with E-state index < -0.39 is 0 Å². The van der Waals surface area contributed by atoms with E-state index in [0.717, 1.165) is 19.5 Å². The summed E-state index contributed by atoms with van der Waals surface area (Å²) < 4.78 is 3.74. The summed E-state index contributed by atoms with van der Waals surface area (Å²) in [6, 6.07) is 15.4. The molecule has 0 atom stereocenters. The zero-order chi connectivity index (χ0) is 15.8. The molecule has 2 heterocycles. The van der Waals surface area contributed by atoms with Gasteiger partial charge in [-0.3, -0.25) is 0 Å². The lowest BCUT2D eigenvalue weighted by Crippen LogP contribution is -2.33. The molecule has 2 nitrogen and oxygen atoms in total. The minimum atomic E-state index is 0.999. The van der Waals surface area contributed by atoms with Gasteiger partial charge in [0.2, 0.25) is 5.52 Å². The summed E-state index contributed by atoms with van der Waals surface area (Å²) in [5, 5.41) is 1.31. The maximum Gasteiger partial charge on any atom is 0.262 e. The van der Waals surface area contributed by atoms with E-state index in [-0.39, 0.29) is 0 Å². The number of rotatable bonds is 3. The molecule has 4 rings (SSSR count). The number of likely N-dealkylation sites (N-methyl/N-ethyl adjacent to an activating group) is 1. The zero-order valence-electron chi connectivity index (χ0n) is 13.6. The third-order valence-electron chi connectivity index (χ3n) is 4.60. The first-order valence-electron chi connectivity index (χ1n) is 8.20. The molecule has 0 amide bonds. The Kier molecular flexibility index (Phi) is 3.66. The predicted molar refractivity (Wildman–Crippen MR) is 100 cm³/mol. The van der Waals surface area contributed by atoms with Crippen molar-refractivity contribution in [3.05, 3.63) is 58.6 Å². The monoisotopic (exact) mass is 321 g/mol. The third-order valence-corrected chi connectivity index (χ3v) is 5.73. The van der Waals surface area contributed by atoms with Gasteiger partial charge in [0.05, 0.1) is 0 Å². The van der Waals surface area contributed by atoms with Crippen molar-refractivity contribution in [2.75, 3.05) is 18.5 Å². The lowest BCUT2D eigenvalue weighted by atomic mass is 10.1. The number of hydrogen-bond acceptors (Lipinski definition) is 2. The molecular formula is C20H21N2S+. The van der Waals surface area contributed by atoms with E-state index >= 15 is 0 Å². The highest BCUT2D eigenvalue weighted by molar-refractivity contribution is 7.18. The standard InChI is InChI=1S/C20H21N2S/c1-3-22-18-6-4-5-7-19(18)23-20(22)11-9-15-8-10-17-16(14-15)12-13-21(17)2/h4-11,14H,3,12-13H2,1-2H3/q+1. The predicted octanol–water partition coefficient (Wildman–Crippen LogP) is 4.37. The average molecular weight is 321 g/mol. The maximum atomic E-state index is 2.39. The fourth-order valence-corrected chi connectivity index (χ4v) is 4.49. The molecule has 0 fully saturated rings. The molecule has 0 unspecified atom stereocenters. The molecule has 3 aromatic rings. The molecule has 1 aliphatic rings. The van der Waals surface area contributed by atoms with Crippen LogP contribution in [0.15, 0.2) is 42.5 Å². The van der Waals surface area contributed by atoms with Crippen molar-refractivity contribution < 1.29 is 4.57 Å². The molecule has 23 heavy (non-hydrogen) atoms. The first-order valence-corrected chi connectivity index (χ1v) is 9.01.